The molecule has 1 aliphatic heterocycles. The molecule has 41 heavy (non-hydrogen) atoms. The summed E-state index contributed by atoms with van der Waals surface area (Å²) in [5, 5.41) is 9.60. The SMILES string of the molecule is CCOC(=O)C1=C(C)N=c2s/c(=C\c3ccc(-c4ccc(OC)cc4[N+](=O)O)o3)c(=O)n2C1c1ccc(OC)cc1. The molecule has 0 saturated heterocycles. The first-order valence-corrected chi connectivity index (χ1v) is 13.3. The molecule has 0 fully saturated rings. The molecular weight excluding hydrogens is 550 g/mol. The average molecular weight is 577 g/mol. The summed E-state index contributed by atoms with van der Waals surface area (Å²) in [6.45, 7) is 3.60. The minimum Gasteiger partial charge on any atom is -0.497 e. The number of furan rings is 1. The van der Waals surface area contributed by atoms with Crippen LogP contribution in [0.25, 0.3) is 17.4 Å². The zero-order valence-corrected chi connectivity index (χ0v) is 23.4. The predicted octanol–water partition coefficient (Wildman–Crippen LogP) is 3.88. The van der Waals surface area contributed by atoms with Crippen molar-refractivity contribution in [1.82, 2.24) is 4.57 Å². The molecule has 2 aromatic carbocycles. The summed E-state index contributed by atoms with van der Waals surface area (Å²) in [6.07, 6.45) is 1.57. The van der Waals surface area contributed by atoms with Gasteiger partial charge in [0.1, 0.15) is 23.0 Å². The van der Waals surface area contributed by atoms with Gasteiger partial charge in [-0.3, -0.25) is 9.36 Å². The Kier molecular flexibility index (Phi) is 7.58. The van der Waals surface area contributed by atoms with Crippen molar-refractivity contribution in [3.63, 3.8) is 0 Å². The maximum absolute atomic E-state index is 13.8. The third kappa shape index (κ3) is 5.16. The Morgan fingerprint density at radius 2 is 1.83 bits per heavy atom. The standard InChI is InChI=1S/C29H26N3O8S/c1-5-39-28(34)25-16(2)30-29-31(26(25)17-6-8-18(37-3)9-7-17)27(33)24(41-29)15-20-11-13-23(40-20)21-12-10-19(38-4)14-22(21)32(35)36/h6-15,26H,5H2,1-4H3,(H,35,36)/q+1/b24-15-. The van der Waals surface area contributed by atoms with Crippen LogP contribution < -0.4 is 24.4 Å². The van der Waals surface area contributed by atoms with E-state index in [1.165, 1.54) is 17.7 Å². The Hall–Kier alpha value is -4.97. The van der Waals surface area contributed by atoms with Crippen LogP contribution in [0.4, 0.5) is 5.69 Å². The maximum Gasteiger partial charge on any atom is 0.338 e. The lowest BCUT2D eigenvalue weighted by molar-refractivity contribution is -0.729. The van der Waals surface area contributed by atoms with Crippen molar-refractivity contribution in [3.8, 4) is 22.8 Å². The van der Waals surface area contributed by atoms with Gasteiger partial charge in [-0.25, -0.2) is 15.0 Å². The van der Waals surface area contributed by atoms with E-state index in [1.807, 2.05) is 0 Å². The van der Waals surface area contributed by atoms with E-state index in [4.69, 9.17) is 18.6 Å². The number of nitrogens with zero attached hydrogens (tertiary/aromatic N) is 3. The second-order valence-electron chi connectivity index (χ2n) is 8.93. The van der Waals surface area contributed by atoms with Crippen LogP contribution in [-0.2, 0) is 9.53 Å². The van der Waals surface area contributed by atoms with Crippen molar-refractivity contribution in [2.75, 3.05) is 20.8 Å². The van der Waals surface area contributed by atoms with E-state index in [2.05, 4.69) is 4.99 Å². The van der Waals surface area contributed by atoms with Gasteiger partial charge >= 0.3 is 11.7 Å². The molecule has 12 heteroatoms. The molecule has 1 N–H and O–H groups in total. The van der Waals surface area contributed by atoms with Crippen LogP contribution in [0.1, 0.15) is 31.2 Å². The number of hydrogen-bond acceptors (Lipinski definition) is 9. The van der Waals surface area contributed by atoms with Crippen molar-refractivity contribution < 1.29 is 33.6 Å². The Morgan fingerprint density at radius 1 is 1.12 bits per heavy atom. The largest absolute Gasteiger partial charge is 0.497 e. The quantitative estimate of drug-likeness (QED) is 0.247. The highest BCUT2D eigenvalue weighted by Gasteiger charge is 2.33. The number of esters is 1. The lowest BCUT2D eigenvalue weighted by atomic mass is 9.96. The normalized spacial score (nSPS) is 14.8. The molecule has 0 amide bonds. The number of thiazole rings is 1. The van der Waals surface area contributed by atoms with Gasteiger partial charge in [0.15, 0.2) is 4.80 Å². The smallest absolute Gasteiger partial charge is 0.338 e. The number of ether oxygens (including phenoxy) is 3. The van der Waals surface area contributed by atoms with Gasteiger partial charge in [-0.05, 0) is 55.8 Å². The van der Waals surface area contributed by atoms with Gasteiger partial charge in [0.2, 0.25) is 0 Å². The highest BCUT2D eigenvalue weighted by Crippen LogP contribution is 2.34. The summed E-state index contributed by atoms with van der Waals surface area (Å²) in [7, 11) is 3.00. The van der Waals surface area contributed by atoms with Gasteiger partial charge in [-0.1, -0.05) is 23.5 Å². The zero-order chi connectivity index (χ0) is 29.3. The van der Waals surface area contributed by atoms with Gasteiger partial charge in [0.25, 0.3) is 10.5 Å². The second kappa shape index (κ2) is 11.3. The summed E-state index contributed by atoms with van der Waals surface area (Å²) < 4.78 is 23.5. The van der Waals surface area contributed by atoms with Crippen molar-refractivity contribution in [1.29, 1.82) is 0 Å². The highest BCUT2D eigenvalue weighted by atomic mass is 32.1. The fraction of sp³-hybridized carbons (Fsp3) is 0.207. The third-order valence-electron chi connectivity index (χ3n) is 6.53. The van der Waals surface area contributed by atoms with Gasteiger partial charge in [0, 0.05) is 6.08 Å². The number of fused-ring (bicyclic) bond motifs is 1. The van der Waals surface area contributed by atoms with Gasteiger partial charge in [-0.2, -0.15) is 0 Å². The summed E-state index contributed by atoms with van der Waals surface area (Å²) in [5.74, 6) is 1.11. The fourth-order valence-electron chi connectivity index (χ4n) is 4.60. The van der Waals surface area contributed by atoms with Crippen LogP contribution in [0, 0.1) is 4.91 Å². The molecule has 5 rings (SSSR count). The lowest BCUT2D eigenvalue weighted by Gasteiger charge is -2.24. The third-order valence-corrected chi connectivity index (χ3v) is 7.51. The fourth-order valence-corrected chi connectivity index (χ4v) is 5.63. The lowest BCUT2D eigenvalue weighted by Crippen LogP contribution is -2.39. The van der Waals surface area contributed by atoms with Crippen molar-refractivity contribution in [2.45, 2.75) is 19.9 Å². The molecule has 210 valence electrons. The molecule has 0 saturated carbocycles. The second-order valence-corrected chi connectivity index (χ2v) is 9.94. The van der Waals surface area contributed by atoms with Crippen molar-refractivity contribution >= 4 is 29.1 Å². The van der Waals surface area contributed by atoms with Crippen LogP contribution in [-0.4, -0.2) is 41.5 Å². The molecule has 1 unspecified atom stereocenters. The Labute approximate surface area is 237 Å². The number of carbonyl (C=O) groups excluding carboxylic acids is 1. The molecule has 2 aromatic heterocycles. The first kappa shape index (κ1) is 27.6. The Bertz CT molecular complexity index is 1860. The molecule has 1 atom stereocenters. The van der Waals surface area contributed by atoms with E-state index in [1.54, 1.807) is 75.6 Å². The predicted molar refractivity (Wildman–Crippen MR) is 149 cm³/mol. The molecule has 1 aliphatic rings. The van der Waals surface area contributed by atoms with E-state index >= 15 is 0 Å². The van der Waals surface area contributed by atoms with Gasteiger partial charge in [0.05, 0.1) is 59.2 Å². The van der Waals surface area contributed by atoms with Crippen LogP contribution in [0.15, 0.2) is 80.1 Å². The summed E-state index contributed by atoms with van der Waals surface area (Å²) in [4.78, 5) is 43.3. The topological polar surface area (TPSA) is 133 Å². The van der Waals surface area contributed by atoms with Crippen LogP contribution in [0.2, 0.25) is 0 Å². The zero-order valence-electron chi connectivity index (χ0n) is 22.6. The Balaban J connectivity index is 1.62. The monoisotopic (exact) mass is 576 g/mol. The summed E-state index contributed by atoms with van der Waals surface area (Å²) in [5.41, 5.74) is 1.32. The van der Waals surface area contributed by atoms with Crippen LogP contribution >= 0.6 is 11.3 Å². The number of benzene rings is 2. The van der Waals surface area contributed by atoms with Crippen molar-refractivity contribution in [3.05, 3.63) is 102 Å². The van der Waals surface area contributed by atoms with E-state index in [0.29, 0.717) is 49.2 Å². The summed E-state index contributed by atoms with van der Waals surface area (Å²) >= 11 is 1.15. The minimum atomic E-state index is -0.764. The molecule has 0 bridgehead atoms. The summed E-state index contributed by atoms with van der Waals surface area (Å²) in [6, 6.07) is 14.2. The van der Waals surface area contributed by atoms with E-state index in [-0.39, 0.29) is 28.3 Å². The molecule has 4 aromatic rings. The van der Waals surface area contributed by atoms with Crippen LogP contribution in [0.3, 0.4) is 0 Å². The highest BCUT2D eigenvalue weighted by molar-refractivity contribution is 7.07. The molecule has 3 heterocycles. The number of allylic oxidation sites excluding steroid dienone is 1. The van der Waals surface area contributed by atoms with Crippen LogP contribution in [0.5, 0.6) is 11.5 Å². The maximum atomic E-state index is 13.8. The minimum absolute atomic E-state index is 0.0638. The van der Waals surface area contributed by atoms with Gasteiger partial charge in [-0.15, -0.1) is 0 Å². The molecule has 11 nitrogen and oxygen atoms in total. The van der Waals surface area contributed by atoms with E-state index < -0.39 is 12.0 Å². The first-order valence-electron chi connectivity index (χ1n) is 12.5. The van der Waals surface area contributed by atoms with E-state index in [9.17, 15) is 19.7 Å². The van der Waals surface area contributed by atoms with Crippen molar-refractivity contribution in [2.24, 2.45) is 4.99 Å². The average Bonchev–Trinajstić information content (AvgIpc) is 3.56. The molecule has 0 aliphatic carbocycles. The number of rotatable bonds is 8. The molecule has 0 radical (unpaired) electrons. The number of methoxy groups -OCH3 is 2. The van der Waals surface area contributed by atoms with E-state index in [0.717, 1.165) is 11.3 Å². The first-order chi connectivity index (χ1) is 19.7. The number of hydrogen-bond donors (Lipinski definition) is 1. The molecular formula is C29H26N3O8S+. The number of carbonyl (C=O) groups is 1. The number of aromatic nitrogens is 1. The Morgan fingerprint density at radius 3 is 2.49 bits per heavy atom. The molecule has 0 spiro atoms. The van der Waals surface area contributed by atoms with Gasteiger partial charge < -0.3 is 18.6 Å².